The third kappa shape index (κ3) is 4.66. The lowest BCUT2D eigenvalue weighted by Crippen LogP contribution is -2.35. The van der Waals surface area contributed by atoms with E-state index in [0.717, 1.165) is 6.07 Å². The largest absolute Gasteiger partial charge is 0.328 e. The van der Waals surface area contributed by atoms with Crippen LogP contribution in [0.4, 0.5) is 14.9 Å². The molecular weight excluding hydrogens is 321 g/mol. The van der Waals surface area contributed by atoms with E-state index in [1.807, 2.05) is 13.8 Å². The predicted octanol–water partition coefficient (Wildman–Crippen LogP) is 3.52. The van der Waals surface area contributed by atoms with Gasteiger partial charge in [0, 0.05) is 12.1 Å². The summed E-state index contributed by atoms with van der Waals surface area (Å²) in [5.41, 5.74) is 0.0631. The average molecular weight is 340 g/mol. The number of hydrogen-bond donors (Lipinski definition) is 2. The van der Waals surface area contributed by atoms with Crippen molar-refractivity contribution < 1.29 is 9.18 Å². The molecule has 0 saturated heterocycles. The Bertz CT molecular complexity index is 688. The molecule has 0 unspecified atom stereocenters. The van der Waals surface area contributed by atoms with Gasteiger partial charge in [-0.1, -0.05) is 25.4 Å². The Hall–Kier alpha value is -2.15. The van der Waals surface area contributed by atoms with Gasteiger partial charge in [0.1, 0.15) is 18.0 Å². The molecule has 23 heavy (non-hydrogen) atoms. The van der Waals surface area contributed by atoms with Crippen LogP contribution in [-0.4, -0.2) is 20.8 Å². The summed E-state index contributed by atoms with van der Waals surface area (Å²) >= 11 is 5.69. The first-order valence-corrected chi connectivity index (χ1v) is 7.61. The van der Waals surface area contributed by atoms with E-state index in [-0.39, 0.29) is 16.8 Å². The second kappa shape index (κ2) is 7.41. The smallest absolute Gasteiger partial charge is 0.319 e. The molecule has 2 aromatic rings. The second-order valence-electron chi connectivity index (χ2n) is 5.65. The summed E-state index contributed by atoms with van der Waals surface area (Å²) in [5.74, 6) is 0.390. The van der Waals surface area contributed by atoms with Gasteiger partial charge in [-0.3, -0.25) is 4.68 Å². The fourth-order valence-electron chi connectivity index (χ4n) is 2.23. The van der Waals surface area contributed by atoms with E-state index in [1.165, 1.54) is 18.5 Å². The Morgan fingerprint density at radius 2 is 2.17 bits per heavy atom. The van der Waals surface area contributed by atoms with E-state index >= 15 is 0 Å². The molecule has 0 bridgehead atoms. The SMILES string of the molecule is CC(C)C[C@H](NC(=O)Nc1ccc(Cl)cc1F)c1ncnn1C. The first-order valence-electron chi connectivity index (χ1n) is 7.23. The van der Waals surface area contributed by atoms with Crippen LogP contribution in [0.3, 0.4) is 0 Å². The van der Waals surface area contributed by atoms with Crippen molar-refractivity contribution >= 4 is 23.3 Å². The normalized spacial score (nSPS) is 12.3. The van der Waals surface area contributed by atoms with Crippen LogP contribution in [0.5, 0.6) is 0 Å². The first-order chi connectivity index (χ1) is 10.9. The number of amides is 2. The summed E-state index contributed by atoms with van der Waals surface area (Å²) in [6.07, 6.45) is 2.12. The van der Waals surface area contributed by atoms with Crippen LogP contribution in [0.1, 0.15) is 32.1 Å². The number of halogens is 2. The highest BCUT2D eigenvalue weighted by Crippen LogP contribution is 2.21. The maximum absolute atomic E-state index is 13.7. The molecule has 2 rings (SSSR count). The third-order valence-corrected chi connectivity index (χ3v) is 3.48. The summed E-state index contributed by atoms with van der Waals surface area (Å²) in [5, 5.41) is 9.58. The molecule has 0 spiro atoms. The quantitative estimate of drug-likeness (QED) is 0.875. The molecule has 0 aliphatic rings. The summed E-state index contributed by atoms with van der Waals surface area (Å²) in [7, 11) is 1.76. The Kier molecular flexibility index (Phi) is 5.54. The standard InChI is InChI=1S/C15H19ClFN5O/c1-9(2)6-13(14-18-8-19-22(14)3)21-15(23)20-12-5-4-10(16)7-11(12)17/h4-5,7-9,13H,6H2,1-3H3,(H2,20,21,23)/t13-/m0/s1. The van der Waals surface area contributed by atoms with Crippen LogP contribution in [0.25, 0.3) is 0 Å². The number of aromatic nitrogens is 3. The van der Waals surface area contributed by atoms with Crippen molar-refractivity contribution in [2.45, 2.75) is 26.3 Å². The van der Waals surface area contributed by atoms with Gasteiger partial charge in [0.2, 0.25) is 0 Å². The van der Waals surface area contributed by atoms with Crippen molar-refractivity contribution in [3.8, 4) is 0 Å². The molecule has 0 aliphatic carbocycles. The van der Waals surface area contributed by atoms with Gasteiger partial charge < -0.3 is 10.6 Å². The molecule has 1 heterocycles. The zero-order chi connectivity index (χ0) is 17.0. The van der Waals surface area contributed by atoms with Crippen molar-refractivity contribution in [1.82, 2.24) is 20.1 Å². The summed E-state index contributed by atoms with van der Waals surface area (Å²) in [6.45, 7) is 4.09. The van der Waals surface area contributed by atoms with Crippen LogP contribution in [0.2, 0.25) is 5.02 Å². The highest BCUT2D eigenvalue weighted by Gasteiger charge is 2.21. The van der Waals surface area contributed by atoms with Crippen LogP contribution in [0, 0.1) is 11.7 Å². The molecule has 1 aromatic heterocycles. The number of nitrogens with one attached hydrogen (secondary N) is 2. The average Bonchev–Trinajstić information content (AvgIpc) is 2.87. The highest BCUT2D eigenvalue weighted by molar-refractivity contribution is 6.30. The van der Waals surface area contributed by atoms with Crippen LogP contribution < -0.4 is 10.6 Å². The van der Waals surface area contributed by atoms with Gasteiger partial charge in [-0.25, -0.2) is 14.2 Å². The topological polar surface area (TPSA) is 71.8 Å². The zero-order valence-electron chi connectivity index (χ0n) is 13.2. The Morgan fingerprint density at radius 3 is 2.74 bits per heavy atom. The maximum atomic E-state index is 13.7. The van der Waals surface area contributed by atoms with Crippen molar-refractivity contribution in [2.75, 3.05) is 5.32 Å². The molecule has 2 N–H and O–H groups in total. The predicted molar refractivity (Wildman–Crippen MR) is 86.8 cm³/mol. The number of carbonyl (C=O) groups is 1. The number of nitrogens with zero attached hydrogens (tertiary/aromatic N) is 3. The Balaban J connectivity index is 2.10. The minimum atomic E-state index is -0.591. The van der Waals surface area contributed by atoms with Crippen LogP contribution in [-0.2, 0) is 7.05 Å². The van der Waals surface area contributed by atoms with Gasteiger partial charge in [0.15, 0.2) is 0 Å². The summed E-state index contributed by atoms with van der Waals surface area (Å²) < 4.78 is 15.3. The molecule has 0 radical (unpaired) electrons. The summed E-state index contributed by atoms with van der Waals surface area (Å²) in [6, 6.07) is 3.23. The number of anilines is 1. The molecular formula is C15H19ClFN5O. The lowest BCUT2D eigenvalue weighted by molar-refractivity contribution is 0.245. The molecule has 0 saturated carbocycles. The summed E-state index contributed by atoms with van der Waals surface area (Å²) in [4.78, 5) is 16.3. The second-order valence-corrected chi connectivity index (χ2v) is 6.08. The molecule has 8 heteroatoms. The number of carbonyl (C=O) groups excluding carboxylic acids is 1. The van der Waals surface area contributed by atoms with E-state index in [1.54, 1.807) is 11.7 Å². The van der Waals surface area contributed by atoms with Crippen molar-refractivity contribution in [3.05, 3.63) is 41.2 Å². The Labute approximate surface area is 139 Å². The Morgan fingerprint density at radius 1 is 1.43 bits per heavy atom. The fourth-order valence-corrected chi connectivity index (χ4v) is 2.39. The van der Waals surface area contributed by atoms with Gasteiger partial charge in [0.05, 0.1) is 11.7 Å². The number of rotatable bonds is 5. The number of aryl methyl sites for hydroxylation is 1. The zero-order valence-corrected chi connectivity index (χ0v) is 13.9. The van der Waals surface area contributed by atoms with Crippen LogP contribution >= 0.6 is 11.6 Å². The van der Waals surface area contributed by atoms with Crippen LogP contribution in [0.15, 0.2) is 24.5 Å². The third-order valence-electron chi connectivity index (χ3n) is 3.25. The minimum Gasteiger partial charge on any atom is -0.328 e. The van der Waals surface area contributed by atoms with Gasteiger partial charge in [-0.15, -0.1) is 0 Å². The van der Waals surface area contributed by atoms with Gasteiger partial charge >= 0.3 is 6.03 Å². The van der Waals surface area contributed by atoms with E-state index in [9.17, 15) is 9.18 Å². The molecule has 2 amide bonds. The lowest BCUT2D eigenvalue weighted by atomic mass is 10.0. The van der Waals surface area contributed by atoms with E-state index in [2.05, 4.69) is 20.7 Å². The molecule has 1 aromatic carbocycles. The van der Waals surface area contributed by atoms with E-state index < -0.39 is 11.8 Å². The van der Waals surface area contributed by atoms with E-state index in [4.69, 9.17) is 11.6 Å². The van der Waals surface area contributed by atoms with Gasteiger partial charge in [0.25, 0.3) is 0 Å². The number of urea groups is 1. The fraction of sp³-hybridized carbons (Fsp3) is 0.400. The van der Waals surface area contributed by atoms with Gasteiger partial charge in [-0.2, -0.15) is 5.10 Å². The van der Waals surface area contributed by atoms with Crippen molar-refractivity contribution in [1.29, 1.82) is 0 Å². The molecule has 6 nitrogen and oxygen atoms in total. The first kappa shape index (κ1) is 17.2. The maximum Gasteiger partial charge on any atom is 0.319 e. The number of benzene rings is 1. The molecule has 1 atom stereocenters. The van der Waals surface area contributed by atoms with E-state index in [0.29, 0.717) is 18.2 Å². The molecule has 124 valence electrons. The van der Waals surface area contributed by atoms with Crippen molar-refractivity contribution in [2.24, 2.45) is 13.0 Å². The lowest BCUT2D eigenvalue weighted by Gasteiger charge is -2.20. The minimum absolute atomic E-state index is 0.0631. The molecule has 0 fully saturated rings. The highest BCUT2D eigenvalue weighted by atomic mass is 35.5. The van der Waals surface area contributed by atoms with Crippen molar-refractivity contribution in [3.63, 3.8) is 0 Å². The van der Waals surface area contributed by atoms with Gasteiger partial charge in [-0.05, 0) is 30.5 Å². The monoisotopic (exact) mass is 339 g/mol. The number of hydrogen-bond acceptors (Lipinski definition) is 3. The molecule has 0 aliphatic heterocycles.